The average Bonchev–Trinajstić information content (AvgIpc) is 2.44. The molecule has 0 bridgehead atoms. The molecule has 0 spiro atoms. The predicted octanol–water partition coefficient (Wildman–Crippen LogP) is 2.67. The molecule has 120 valence electrons. The molecule has 0 aromatic carbocycles. The van der Waals surface area contributed by atoms with Crippen molar-refractivity contribution in [2.24, 2.45) is 11.8 Å². The van der Waals surface area contributed by atoms with Crippen LogP contribution in [0.1, 0.15) is 46.0 Å². The van der Waals surface area contributed by atoms with Crippen LogP contribution in [0.5, 0.6) is 0 Å². The molecule has 3 heteroatoms. The first-order chi connectivity index (χ1) is 9.60. The molecule has 0 saturated heterocycles. The molecule has 1 aliphatic carbocycles. The smallest absolute Gasteiger partial charge is 0.0109 e. The van der Waals surface area contributed by atoms with E-state index in [1.165, 1.54) is 58.3 Å². The fourth-order valence-corrected chi connectivity index (χ4v) is 3.60. The van der Waals surface area contributed by atoms with Crippen LogP contribution < -0.4 is 5.32 Å². The van der Waals surface area contributed by atoms with Gasteiger partial charge in [0.05, 0.1) is 0 Å². The van der Waals surface area contributed by atoms with Crippen molar-refractivity contribution in [3.05, 3.63) is 0 Å². The normalized spacial score (nSPS) is 27.4. The lowest BCUT2D eigenvalue weighted by Crippen LogP contribution is -2.46. The fraction of sp³-hybridized carbons (Fsp3) is 1.00. The standard InChI is InChI=1S/C17H37N3/c1-6-10-20(12-11-19(4)5)14-16-13-15(7-2)8-9-17(16)18-3/h15-18H,6-14H2,1-5H3. The van der Waals surface area contributed by atoms with Gasteiger partial charge in [0.1, 0.15) is 0 Å². The van der Waals surface area contributed by atoms with Gasteiger partial charge in [-0.1, -0.05) is 20.3 Å². The summed E-state index contributed by atoms with van der Waals surface area (Å²) in [6, 6.07) is 0.733. The van der Waals surface area contributed by atoms with Crippen LogP contribution in [0.15, 0.2) is 0 Å². The number of hydrogen-bond acceptors (Lipinski definition) is 3. The maximum atomic E-state index is 3.57. The van der Waals surface area contributed by atoms with Crippen LogP contribution >= 0.6 is 0 Å². The van der Waals surface area contributed by atoms with Crippen LogP contribution in [-0.2, 0) is 0 Å². The molecule has 3 unspecified atom stereocenters. The lowest BCUT2D eigenvalue weighted by Gasteiger charge is -2.39. The van der Waals surface area contributed by atoms with E-state index in [4.69, 9.17) is 0 Å². The molecule has 0 aromatic rings. The zero-order valence-corrected chi connectivity index (χ0v) is 14.5. The van der Waals surface area contributed by atoms with Gasteiger partial charge in [-0.25, -0.2) is 0 Å². The van der Waals surface area contributed by atoms with Crippen molar-refractivity contribution >= 4 is 0 Å². The Kier molecular flexibility index (Phi) is 8.74. The Bertz CT molecular complexity index is 242. The molecule has 1 saturated carbocycles. The summed E-state index contributed by atoms with van der Waals surface area (Å²) in [6.45, 7) is 9.57. The Morgan fingerprint density at radius 2 is 1.80 bits per heavy atom. The van der Waals surface area contributed by atoms with Gasteiger partial charge in [-0.2, -0.15) is 0 Å². The molecule has 0 amide bonds. The van der Waals surface area contributed by atoms with Crippen molar-refractivity contribution in [1.29, 1.82) is 0 Å². The van der Waals surface area contributed by atoms with E-state index in [1.54, 1.807) is 0 Å². The molecule has 3 atom stereocenters. The second kappa shape index (κ2) is 9.75. The maximum absolute atomic E-state index is 3.57. The molecular formula is C17H37N3. The summed E-state index contributed by atoms with van der Waals surface area (Å²) in [5.41, 5.74) is 0. The molecule has 1 aliphatic rings. The van der Waals surface area contributed by atoms with E-state index in [9.17, 15) is 0 Å². The third kappa shape index (κ3) is 6.11. The molecular weight excluding hydrogens is 246 g/mol. The van der Waals surface area contributed by atoms with E-state index in [-0.39, 0.29) is 0 Å². The summed E-state index contributed by atoms with van der Waals surface area (Å²) in [7, 11) is 6.50. The summed E-state index contributed by atoms with van der Waals surface area (Å²) in [4.78, 5) is 4.99. The SMILES string of the molecule is CCCN(CCN(C)C)CC1CC(CC)CCC1NC. The highest BCUT2D eigenvalue weighted by Gasteiger charge is 2.29. The summed E-state index contributed by atoms with van der Waals surface area (Å²) < 4.78 is 0. The first-order valence-electron chi connectivity index (χ1n) is 8.65. The molecule has 0 heterocycles. The molecule has 1 N–H and O–H groups in total. The number of likely N-dealkylation sites (N-methyl/N-ethyl adjacent to an activating group) is 1. The highest BCUT2D eigenvalue weighted by molar-refractivity contribution is 4.85. The van der Waals surface area contributed by atoms with Crippen molar-refractivity contribution in [3.8, 4) is 0 Å². The minimum atomic E-state index is 0.733. The maximum Gasteiger partial charge on any atom is 0.0109 e. The van der Waals surface area contributed by atoms with Crippen LogP contribution in [-0.4, -0.2) is 63.2 Å². The quantitative estimate of drug-likeness (QED) is 0.702. The van der Waals surface area contributed by atoms with E-state index in [0.29, 0.717) is 0 Å². The molecule has 0 aliphatic heterocycles. The summed E-state index contributed by atoms with van der Waals surface area (Å²) >= 11 is 0. The number of nitrogens with zero attached hydrogens (tertiary/aromatic N) is 2. The molecule has 0 radical (unpaired) electrons. The van der Waals surface area contributed by atoms with Crippen molar-refractivity contribution in [2.45, 2.75) is 52.0 Å². The van der Waals surface area contributed by atoms with Gasteiger partial charge in [-0.05, 0) is 65.2 Å². The Morgan fingerprint density at radius 3 is 2.35 bits per heavy atom. The summed E-state index contributed by atoms with van der Waals surface area (Å²) in [5.74, 6) is 1.80. The lowest BCUT2D eigenvalue weighted by atomic mass is 9.76. The van der Waals surface area contributed by atoms with E-state index in [1.807, 2.05) is 0 Å². The molecule has 3 nitrogen and oxygen atoms in total. The predicted molar refractivity (Wildman–Crippen MR) is 89.3 cm³/mol. The van der Waals surface area contributed by atoms with E-state index in [2.05, 4.69) is 50.1 Å². The van der Waals surface area contributed by atoms with Crippen molar-refractivity contribution < 1.29 is 0 Å². The zero-order valence-electron chi connectivity index (χ0n) is 14.5. The molecule has 1 rings (SSSR count). The first kappa shape index (κ1) is 17.9. The Morgan fingerprint density at radius 1 is 1.05 bits per heavy atom. The second-order valence-corrected chi connectivity index (χ2v) is 6.85. The van der Waals surface area contributed by atoms with Crippen molar-refractivity contribution in [2.75, 3.05) is 47.3 Å². The summed E-state index contributed by atoms with van der Waals surface area (Å²) in [6.07, 6.45) is 6.83. The Balaban J connectivity index is 2.53. The van der Waals surface area contributed by atoms with E-state index >= 15 is 0 Å². The Hall–Kier alpha value is -0.120. The number of hydrogen-bond donors (Lipinski definition) is 1. The third-order valence-corrected chi connectivity index (χ3v) is 4.94. The minimum Gasteiger partial charge on any atom is -0.317 e. The van der Waals surface area contributed by atoms with Gasteiger partial charge >= 0.3 is 0 Å². The average molecular weight is 284 g/mol. The van der Waals surface area contributed by atoms with Gasteiger partial charge in [0.2, 0.25) is 0 Å². The van der Waals surface area contributed by atoms with Crippen molar-refractivity contribution in [1.82, 2.24) is 15.1 Å². The van der Waals surface area contributed by atoms with Gasteiger partial charge in [0.25, 0.3) is 0 Å². The van der Waals surface area contributed by atoms with E-state index in [0.717, 1.165) is 17.9 Å². The lowest BCUT2D eigenvalue weighted by molar-refractivity contribution is 0.135. The first-order valence-corrected chi connectivity index (χ1v) is 8.65. The monoisotopic (exact) mass is 283 g/mol. The minimum absolute atomic E-state index is 0.733. The largest absolute Gasteiger partial charge is 0.317 e. The molecule has 1 fully saturated rings. The molecule has 20 heavy (non-hydrogen) atoms. The third-order valence-electron chi connectivity index (χ3n) is 4.94. The van der Waals surface area contributed by atoms with Crippen molar-refractivity contribution in [3.63, 3.8) is 0 Å². The number of rotatable bonds is 9. The zero-order chi connectivity index (χ0) is 15.0. The highest BCUT2D eigenvalue weighted by atomic mass is 15.2. The van der Waals surface area contributed by atoms with Crippen LogP contribution in [0.2, 0.25) is 0 Å². The van der Waals surface area contributed by atoms with Crippen LogP contribution in [0.4, 0.5) is 0 Å². The Labute approximate surface area is 127 Å². The van der Waals surface area contributed by atoms with Crippen LogP contribution in [0.25, 0.3) is 0 Å². The second-order valence-electron chi connectivity index (χ2n) is 6.85. The van der Waals surface area contributed by atoms with Gasteiger partial charge in [0, 0.05) is 25.7 Å². The van der Waals surface area contributed by atoms with Crippen LogP contribution in [0.3, 0.4) is 0 Å². The fourth-order valence-electron chi connectivity index (χ4n) is 3.60. The topological polar surface area (TPSA) is 18.5 Å². The molecule has 0 aromatic heterocycles. The van der Waals surface area contributed by atoms with Gasteiger partial charge in [0.15, 0.2) is 0 Å². The van der Waals surface area contributed by atoms with Gasteiger partial charge < -0.3 is 15.1 Å². The number of nitrogens with one attached hydrogen (secondary N) is 1. The van der Waals surface area contributed by atoms with Crippen LogP contribution in [0, 0.1) is 11.8 Å². The van der Waals surface area contributed by atoms with Gasteiger partial charge in [-0.15, -0.1) is 0 Å². The highest BCUT2D eigenvalue weighted by Crippen LogP contribution is 2.31. The van der Waals surface area contributed by atoms with E-state index < -0.39 is 0 Å². The van der Waals surface area contributed by atoms with Gasteiger partial charge in [-0.3, -0.25) is 0 Å². The summed E-state index contributed by atoms with van der Waals surface area (Å²) in [5, 5.41) is 3.57.